The average molecular weight is 247 g/mol. The molecule has 0 aliphatic rings. The topological polar surface area (TPSA) is 26.3 Å². The molecule has 0 heterocycles. The predicted molar refractivity (Wildman–Crippen MR) is 68.1 cm³/mol. The van der Waals surface area contributed by atoms with E-state index in [0.717, 1.165) is 17.6 Å². The molecule has 0 saturated carbocycles. The molecule has 0 aromatic heterocycles. The van der Waals surface area contributed by atoms with Crippen molar-refractivity contribution in [1.82, 2.24) is 0 Å². The van der Waals surface area contributed by atoms with Gasteiger partial charge in [-0.05, 0) is 36.8 Å². The summed E-state index contributed by atoms with van der Waals surface area (Å²) in [5, 5.41) is 0.429. The fraction of sp³-hybridized carbons (Fsp3) is 0.0714. The van der Waals surface area contributed by atoms with Gasteiger partial charge < -0.3 is 4.74 Å². The van der Waals surface area contributed by atoms with Gasteiger partial charge in [0.1, 0.15) is 17.8 Å². The van der Waals surface area contributed by atoms with Gasteiger partial charge in [0.05, 0.1) is 5.02 Å². The van der Waals surface area contributed by atoms with Crippen LogP contribution in [-0.2, 0) is 0 Å². The van der Waals surface area contributed by atoms with Crippen LogP contribution in [0.5, 0.6) is 11.5 Å². The lowest BCUT2D eigenvalue weighted by Crippen LogP contribution is -1.89. The van der Waals surface area contributed by atoms with Crippen molar-refractivity contribution in [2.24, 2.45) is 0 Å². The number of rotatable bonds is 3. The Labute approximate surface area is 105 Å². The number of carbonyl (C=O) groups excluding carboxylic acids is 1. The molecule has 86 valence electrons. The zero-order chi connectivity index (χ0) is 12.3. The number of para-hydroxylation sites is 1. The van der Waals surface area contributed by atoms with Crippen LogP contribution in [0.1, 0.15) is 15.9 Å². The van der Waals surface area contributed by atoms with Crippen LogP contribution in [0, 0.1) is 6.92 Å². The number of aryl methyl sites for hydroxylation is 1. The summed E-state index contributed by atoms with van der Waals surface area (Å²) in [4.78, 5) is 10.6. The maximum atomic E-state index is 10.6. The van der Waals surface area contributed by atoms with E-state index in [1.165, 1.54) is 0 Å². The summed E-state index contributed by atoms with van der Waals surface area (Å²) in [7, 11) is 0. The normalized spacial score (nSPS) is 10.0. The number of hydrogen-bond acceptors (Lipinski definition) is 2. The van der Waals surface area contributed by atoms with Crippen molar-refractivity contribution in [2.45, 2.75) is 6.92 Å². The van der Waals surface area contributed by atoms with Crippen LogP contribution in [0.25, 0.3) is 0 Å². The van der Waals surface area contributed by atoms with E-state index < -0.39 is 0 Å². The van der Waals surface area contributed by atoms with Gasteiger partial charge in [-0.25, -0.2) is 0 Å². The third-order valence-electron chi connectivity index (χ3n) is 2.41. The Balaban J connectivity index is 2.31. The number of carbonyl (C=O) groups is 1. The molecule has 0 aliphatic carbocycles. The SMILES string of the molecule is Cc1ccccc1Oc1ccc(C=O)cc1Cl. The van der Waals surface area contributed by atoms with Crippen molar-refractivity contribution in [3.05, 3.63) is 58.6 Å². The van der Waals surface area contributed by atoms with E-state index in [1.807, 2.05) is 31.2 Å². The predicted octanol–water partition coefficient (Wildman–Crippen LogP) is 4.25. The molecule has 2 aromatic carbocycles. The highest BCUT2D eigenvalue weighted by molar-refractivity contribution is 6.32. The van der Waals surface area contributed by atoms with Crippen LogP contribution in [0.2, 0.25) is 5.02 Å². The summed E-state index contributed by atoms with van der Waals surface area (Å²) in [6.45, 7) is 1.96. The molecule has 2 rings (SSSR count). The van der Waals surface area contributed by atoms with Gasteiger partial charge in [0.2, 0.25) is 0 Å². The van der Waals surface area contributed by atoms with Crippen molar-refractivity contribution in [3.63, 3.8) is 0 Å². The highest BCUT2D eigenvalue weighted by Crippen LogP contribution is 2.31. The molecule has 0 spiro atoms. The minimum atomic E-state index is 0.429. The Bertz CT molecular complexity index is 550. The lowest BCUT2D eigenvalue weighted by molar-refractivity contribution is 0.112. The Kier molecular flexibility index (Phi) is 3.45. The number of aldehydes is 1. The van der Waals surface area contributed by atoms with Crippen molar-refractivity contribution in [2.75, 3.05) is 0 Å². The molecule has 0 aliphatic heterocycles. The first kappa shape index (κ1) is 11.7. The van der Waals surface area contributed by atoms with E-state index in [9.17, 15) is 4.79 Å². The van der Waals surface area contributed by atoms with Gasteiger partial charge >= 0.3 is 0 Å². The zero-order valence-corrected chi connectivity index (χ0v) is 10.1. The van der Waals surface area contributed by atoms with Gasteiger partial charge in [0.25, 0.3) is 0 Å². The van der Waals surface area contributed by atoms with Crippen LogP contribution in [0.4, 0.5) is 0 Å². The van der Waals surface area contributed by atoms with E-state index in [4.69, 9.17) is 16.3 Å². The highest BCUT2D eigenvalue weighted by Gasteiger charge is 2.05. The minimum Gasteiger partial charge on any atom is -0.456 e. The molecule has 0 unspecified atom stereocenters. The summed E-state index contributed by atoms with van der Waals surface area (Å²) in [5.74, 6) is 1.31. The molecule has 17 heavy (non-hydrogen) atoms. The quantitative estimate of drug-likeness (QED) is 0.757. The molecular formula is C14H11ClO2. The fourth-order valence-electron chi connectivity index (χ4n) is 1.46. The van der Waals surface area contributed by atoms with Crippen molar-refractivity contribution >= 4 is 17.9 Å². The van der Waals surface area contributed by atoms with Gasteiger partial charge in [-0.2, -0.15) is 0 Å². The van der Waals surface area contributed by atoms with Crippen molar-refractivity contribution in [3.8, 4) is 11.5 Å². The summed E-state index contributed by atoms with van der Waals surface area (Å²) in [6, 6.07) is 12.6. The Morgan fingerprint density at radius 3 is 2.53 bits per heavy atom. The van der Waals surface area contributed by atoms with Crippen LogP contribution in [-0.4, -0.2) is 6.29 Å². The second kappa shape index (κ2) is 5.02. The number of benzene rings is 2. The van der Waals surface area contributed by atoms with Crippen LogP contribution < -0.4 is 4.74 Å². The van der Waals surface area contributed by atoms with Gasteiger partial charge in [-0.3, -0.25) is 4.79 Å². The molecule has 0 fully saturated rings. The third kappa shape index (κ3) is 2.66. The van der Waals surface area contributed by atoms with Crippen LogP contribution in [0.15, 0.2) is 42.5 Å². The summed E-state index contributed by atoms with van der Waals surface area (Å²) < 4.78 is 5.69. The average Bonchev–Trinajstić information content (AvgIpc) is 2.34. The Morgan fingerprint density at radius 2 is 1.88 bits per heavy atom. The molecule has 0 bridgehead atoms. The Morgan fingerprint density at radius 1 is 1.12 bits per heavy atom. The first-order valence-electron chi connectivity index (χ1n) is 5.19. The van der Waals surface area contributed by atoms with Crippen LogP contribution in [0.3, 0.4) is 0 Å². The summed E-state index contributed by atoms with van der Waals surface area (Å²) >= 11 is 6.03. The van der Waals surface area contributed by atoms with E-state index >= 15 is 0 Å². The smallest absolute Gasteiger partial charge is 0.150 e. The third-order valence-corrected chi connectivity index (χ3v) is 2.70. The maximum Gasteiger partial charge on any atom is 0.150 e. The molecular weight excluding hydrogens is 236 g/mol. The van der Waals surface area contributed by atoms with Crippen molar-refractivity contribution < 1.29 is 9.53 Å². The molecule has 0 radical (unpaired) electrons. The summed E-state index contributed by atoms with van der Waals surface area (Å²) in [5.41, 5.74) is 1.56. The number of ether oxygens (including phenoxy) is 1. The van der Waals surface area contributed by atoms with E-state index in [1.54, 1.807) is 18.2 Å². The zero-order valence-electron chi connectivity index (χ0n) is 9.31. The molecule has 0 atom stereocenters. The highest BCUT2D eigenvalue weighted by atomic mass is 35.5. The van der Waals surface area contributed by atoms with E-state index in [-0.39, 0.29) is 0 Å². The molecule has 0 saturated heterocycles. The van der Waals surface area contributed by atoms with Gasteiger partial charge in [0.15, 0.2) is 0 Å². The largest absolute Gasteiger partial charge is 0.456 e. The number of halogens is 1. The standard InChI is InChI=1S/C14H11ClO2/c1-10-4-2-3-5-13(10)17-14-7-6-11(9-16)8-12(14)15/h2-9H,1H3. The van der Waals surface area contributed by atoms with Gasteiger partial charge in [-0.1, -0.05) is 29.8 Å². The van der Waals surface area contributed by atoms with Gasteiger partial charge in [0, 0.05) is 5.56 Å². The van der Waals surface area contributed by atoms with Gasteiger partial charge in [-0.15, -0.1) is 0 Å². The lowest BCUT2D eigenvalue weighted by Gasteiger charge is -2.09. The first-order valence-corrected chi connectivity index (χ1v) is 5.56. The lowest BCUT2D eigenvalue weighted by atomic mass is 10.2. The monoisotopic (exact) mass is 246 g/mol. The Hall–Kier alpha value is -1.80. The second-order valence-electron chi connectivity index (χ2n) is 3.68. The fourth-order valence-corrected chi connectivity index (χ4v) is 1.69. The molecule has 0 N–H and O–H groups in total. The molecule has 2 nitrogen and oxygen atoms in total. The molecule has 0 amide bonds. The van der Waals surface area contributed by atoms with E-state index in [2.05, 4.69) is 0 Å². The second-order valence-corrected chi connectivity index (χ2v) is 4.08. The summed E-state index contributed by atoms with van der Waals surface area (Å²) in [6.07, 6.45) is 0.753. The van der Waals surface area contributed by atoms with E-state index in [0.29, 0.717) is 16.3 Å². The maximum absolute atomic E-state index is 10.6. The molecule has 2 aromatic rings. The molecule has 3 heteroatoms. The first-order chi connectivity index (χ1) is 8.20. The minimum absolute atomic E-state index is 0.429. The van der Waals surface area contributed by atoms with Crippen LogP contribution >= 0.6 is 11.6 Å². The van der Waals surface area contributed by atoms with Crippen molar-refractivity contribution in [1.29, 1.82) is 0 Å². The number of hydrogen-bond donors (Lipinski definition) is 0.